The zero-order chi connectivity index (χ0) is 8.16. The van der Waals surface area contributed by atoms with E-state index in [1.807, 2.05) is 0 Å². The van der Waals surface area contributed by atoms with Gasteiger partial charge in [-0.15, -0.1) is 11.8 Å². The van der Waals surface area contributed by atoms with E-state index in [2.05, 4.69) is 31.2 Å². The highest BCUT2D eigenvalue weighted by molar-refractivity contribution is 8.07. The minimum Gasteiger partial charge on any atom is -0.231 e. The van der Waals surface area contributed by atoms with E-state index >= 15 is 0 Å². The Morgan fingerprint density at radius 1 is 1.27 bits per heavy atom. The molecule has 0 nitrogen and oxygen atoms in total. The highest BCUT2D eigenvalue weighted by Crippen LogP contribution is 2.37. The lowest BCUT2D eigenvalue weighted by atomic mass is 9.63. The van der Waals surface area contributed by atoms with Gasteiger partial charge in [0.15, 0.2) is 6.56 Å². The van der Waals surface area contributed by atoms with E-state index in [1.165, 1.54) is 19.3 Å². The van der Waals surface area contributed by atoms with Crippen LogP contribution in [0.4, 0.5) is 0 Å². The second-order valence-electron chi connectivity index (χ2n) is 3.68. The predicted molar refractivity (Wildman–Crippen MR) is 55.4 cm³/mol. The fourth-order valence-corrected chi connectivity index (χ4v) is 1.74. The number of rotatable bonds is 1. The third kappa shape index (κ3) is 2.83. The van der Waals surface area contributed by atoms with E-state index in [9.17, 15) is 0 Å². The first-order chi connectivity index (χ1) is 5.27. The molecule has 0 heterocycles. The van der Waals surface area contributed by atoms with Gasteiger partial charge in [-0.05, 0) is 18.2 Å². The van der Waals surface area contributed by atoms with Gasteiger partial charge >= 0.3 is 0 Å². The Bertz CT molecular complexity index is 180. The van der Waals surface area contributed by atoms with Crippen molar-refractivity contribution in [3.63, 3.8) is 0 Å². The van der Waals surface area contributed by atoms with Crippen LogP contribution >= 0.6 is 12.5 Å². The zero-order valence-corrected chi connectivity index (χ0v) is 8.08. The lowest BCUT2D eigenvalue weighted by Gasteiger charge is -2.26. The number of hydrogen-bond donors (Lipinski definition) is 1. The Morgan fingerprint density at radius 3 is 2.73 bits per heavy atom. The third-order valence-electron chi connectivity index (χ3n) is 2.44. The summed E-state index contributed by atoms with van der Waals surface area (Å²) in [5.74, 6) is 6.37. The number of thiol groups is 1. The van der Waals surface area contributed by atoms with Gasteiger partial charge in [0.2, 0.25) is 0 Å². The molecule has 0 aromatic heterocycles. The first kappa shape index (κ1) is 9.07. The Hall–Kier alpha value is -0.0251. The normalized spacial score (nSPS) is 31.1. The van der Waals surface area contributed by atoms with Crippen molar-refractivity contribution in [2.75, 3.05) is 0 Å². The molecule has 11 heavy (non-hydrogen) atoms. The molecule has 0 saturated carbocycles. The molecule has 1 unspecified atom stereocenters. The molecule has 0 radical (unpaired) electrons. The largest absolute Gasteiger partial charge is 0.231 e. The van der Waals surface area contributed by atoms with Crippen molar-refractivity contribution in [1.29, 1.82) is 0 Å². The monoisotopic (exact) mass is 166 g/mol. The van der Waals surface area contributed by atoms with Gasteiger partial charge in [-0.1, -0.05) is 13.3 Å². The summed E-state index contributed by atoms with van der Waals surface area (Å²) < 4.78 is 0. The van der Waals surface area contributed by atoms with Crippen molar-refractivity contribution in [3.05, 3.63) is 0 Å². The maximum atomic E-state index is 4.38. The molecule has 1 aliphatic rings. The van der Waals surface area contributed by atoms with Gasteiger partial charge in [0.25, 0.3) is 0 Å². The van der Waals surface area contributed by atoms with Crippen molar-refractivity contribution >= 4 is 19.0 Å². The molecule has 60 valence electrons. The first-order valence-electron chi connectivity index (χ1n) is 4.33. The van der Waals surface area contributed by atoms with Gasteiger partial charge < -0.3 is 0 Å². The summed E-state index contributed by atoms with van der Waals surface area (Å²) in [5, 5.41) is 0.457. The van der Waals surface area contributed by atoms with E-state index in [0.29, 0.717) is 5.31 Å². The summed E-state index contributed by atoms with van der Waals surface area (Å²) >= 11 is 4.38. The summed E-state index contributed by atoms with van der Waals surface area (Å²) in [6, 6.07) is 0. The molecule has 1 aliphatic carbocycles. The van der Waals surface area contributed by atoms with Crippen molar-refractivity contribution in [1.82, 2.24) is 0 Å². The van der Waals surface area contributed by atoms with Crippen LogP contribution in [0.15, 0.2) is 0 Å². The minimum atomic E-state index is 0.457. The molecule has 0 bridgehead atoms. The van der Waals surface area contributed by atoms with Crippen LogP contribution in [-0.2, 0) is 0 Å². The predicted octanol–water partition coefficient (Wildman–Crippen LogP) is 2.41. The van der Waals surface area contributed by atoms with Crippen LogP contribution < -0.4 is 0 Å². The molecule has 0 N–H and O–H groups in total. The second-order valence-corrected chi connectivity index (χ2v) is 3.99. The second kappa shape index (κ2) is 4.11. The van der Waals surface area contributed by atoms with Gasteiger partial charge in [0.05, 0.1) is 0 Å². The van der Waals surface area contributed by atoms with Gasteiger partial charge in [-0.25, -0.2) is 12.5 Å². The van der Waals surface area contributed by atoms with E-state index < -0.39 is 0 Å². The lowest BCUT2D eigenvalue weighted by molar-refractivity contribution is 0.503. The fourth-order valence-electron chi connectivity index (χ4n) is 1.43. The Labute approximate surface area is 75.7 Å². The summed E-state index contributed by atoms with van der Waals surface area (Å²) in [6.07, 6.45) is 5.93. The number of hydrogen-bond acceptors (Lipinski definition) is 1. The average Bonchev–Trinajstić information content (AvgIpc) is 1.98. The van der Waals surface area contributed by atoms with Gasteiger partial charge in [-0.3, -0.25) is 0 Å². The zero-order valence-electron chi connectivity index (χ0n) is 7.19. The molecule has 1 rings (SSSR count). The summed E-state index contributed by atoms with van der Waals surface area (Å²) in [6.45, 7) is 3.34. The molecule has 0 amide bonds. The fraction of sp³-hybridized carbons (Fsp3) is 0.778. The van der Waals surface area contributed by atoms with Gasteiger partial charge in [-0.2, -0.15) is 0 Å². The van der Waals surface area contributed by atoms with E-state index in [1.54, 1.807) is 0 Å². The third-order valence-corrected chi connectivity index (χ3v) is 3.21. The van der Waals surface area contributed by atoms with Crippen LogP contribution in [0.5, 0.6) is 0 Å². The van der Waals surface area contributed by atoms with Crippen molar-refractivity contribution in [2.45, 2.75) is 44.3 Å². The molecular formula is C9H15BS. The van der Waals surface area contributed by atoms with Crippen molar-refractivity contribution in [2.24, 2.45) is 0 Å². The molecule has 0 saturated heterocycles. The maximum absolute atomic E-state index is 4.38. The highest BCUT2D eigenvalue weighted by atomic mass is 32.1. The average molecular weight is 166 g/mol. The van der Waals surface area contributed by atoms with Crippen LogP contribution in [0.2, 0.25) is 5.31 Å². The van der Waals surface area contributed by atoms with E-state index in [4.69, 9.17) is 0 Å². The highest BCUT2D eigenvalue weighted by Gasteiger charge is 2.22. The van der Waals surface area contributed by atoms with Crippen LogP contribution in [0.25, 0.3) is 0 Å². The first-order valence-corrected chi connectivity index (χ1v) is 4.97. The molecule has 0 aliphatic heterocycles. The summed E-state index contributed by atoms with van der Waals surface area (Å²) in [5.41, 5.74) is 0. The SMILES string of the molecule is CC1(BS)CCC#CCCC1. The molecule has 2 heteroatoms. The Kier molecular flexibility index (Phi) is 3.39. The topological polar surface area (TPSA) is 0 Å². The van der Waals surface area contributed by atoms with Crippen LogP contribution in [0, 0.1) is 11.8 Å². The molecule has 0 aromatic carbocycles. The van der Waals surface area contributed by atoms with E-state index in [0.717, 1.165) is 19.4 Å². The van der Waals surface area contributed by atoms with Crippen LogP contribution in [0.1, 0.15) is 39.0 Å². The molecule has 0 aromatic rings. The van der Waals surface area contributed by atoms with Crippen molar-refractivity contribution in [3.8, 4) is 11.8 Å². The standard InChI is InChI=1S/C9H15BS/c1-9(10-11)7-5-3-2-4-6-8-9/h10-11H,3,5-8H2,1H3. The van der Waals surface area contributed by atoms with Gasteiger partial charge in [0, 0.05) is 12.8 Å². The smallest absolute Gasteiger partial charge is 0.193 e. The van der Waals surface area contributed by atoms with E-state index in [-0.39, 0.29) is 0 Å². The maximum Gasteiger partial charge on any atom is 0.193 e. The summed E-state index contributed by atoms with van der Waals surface area (Å²) in [4.78, 5) is 0. The van der Waals surface area contributed by atoms with Crippen LogP contribution in [0.3, 0.4) is 0 Å². The van der Waals surface area contributed by atoms with Crippen LogP contribution in [-0.4, -0.2) is 6.56 Å². The lowest BCUT2D eigenvalue weighted by Crippen LogP contribution is -2.13. The molecule has 0 fully saturated rings. The summed E-state index contributed by atoms with van der Waals surface area (Å²) in [7, 11) is 0. The van der Waals surface area contributed by atoms with Gasteiger partial charge in [0.1, 0.15) is 0 Å². The molecule has 1 atom stereocenters. The Morgan fingerprint density at radius 2 is 2.00 bits per heavy atom. The molecule has 0 spiro atoms. The Balaban J connectivity index is 2.51. The van der Waals surface area contributed by atoms with Crippen molar-refractivity contribution < 1.29 is 0 Å². The quantitative estimate of drug-likeness (QED) is 0.345. The minimum absolute atomic E-state index is 0.457. The molecular weight excluding hydrogens is 151 g/mol.